The number of aryl methyl sites for hydroxylation is 1. The van der Waals surface area contributed by atoms with Gasteiger partial charge in [-0.25, -0.2) is 4.79 Å². The molecule has 1 rings (SSSR count). The van der Waals surface area contributed by atoms with Crippen LogP contribution in [-0.2, 0) is 9.53 Å². The molecule has 0 saturated heterocycles. The van der Waals surface area contributed by atoms with Crippen LogP contribution in [0.4, 0.5) is 0 Å². The molecule has 18 heavy (non-hydrogen) atoms. The Hall–Kier alpha value is -1.10. The van der Waals surface area contributed by atoms with Crippen molar-refractivity contribution in [2.45, 2.75) is 46.3 Å². The summed E-state index contributed by atoms with van der Waals surface area (Å²) in [6, 6.07) is 1.16. The lowest BCUT2D eigenvalue weighted by atomic mass is 10.2. The molecule has 5 heteroatoms. The second-order valence-electron chi connectivity index (χ2n) is 4.49. The predicted molar refractivity (Wildman–Crippen MR) is 73.7 cm³/mol. The fourth-order valence-electron chi connectivity index (χ4n) is 1.72. The van der Waals surface area contributed by atoms with Crippen LogP contribution in [0.5, 0.6) is 0 Å². The molecule has 4 nitrogen and oxygen atoms in total. The molecule has 1 aromatic rings. The Bertz CT molecular complexity index is 493. The first-order chi connectivity index (χ1) is 8.36. The van der Waals surface area contributed by atoms with Crippen molar-refractivity contribution in [1.82, 2.24) is 4.57 Å². The van der Waals surface area contributed by atoms with E-state index in [1.807, 2.05) is 13.8 Å². The maximum atomic E-state index is 12.0. The molecule has 0 saturated carbocycles. The van der Waals surface area contributed by atoms with Crippen molar-refractivity contribution in [1.29, 1.82) is 0 Å². The van der Waals surface area contributed by atoms with Gasteiger partial charge in [0.15, 0.2) is 0 Å². The lowest BCUT2D eigenvalue weighted by molar-refractivity contribution is -0.151. The van der Waals surface area contributed by atoms with Gasteiger partial charge in [0, 0.05) is 6.20 Å². The molecule has 0 aliphatic rings. The van der Waals surface area contributed by atoms with E-state index in [-0.39, 0.29) is 17.6 Å². The molecule has 1 aromatic heterocycles. The summed E-state index contributed by atoms with van der Waals surface area (Å²) in [5.41, 5.74) is 0.699. The van der Waals surface area contributed by atoms with Gasteiger partial charge >= 0.3 is 5.97 Å². The standard InChI is InChI=1S/C13H18BrNO3/c1-5-11(13(17)18-8(2)3)15-7-9(4)6-10(14)12(15)16/h6-8,11H,5H2,1-4H3. The van der Waals surface area contributed by atoms with E-state index in [1.165, 1.54) is 4.57 Å². The minimum atomic E-state index is -0.573. The Labute approximate surface area is 115 Å². The maximum absolute atomic E-state index is 12.0. The summed E-state index contributed by atoms with van der Waals surface area (Å²) in [6.45, 7) is 7.31. The van der Waals surface area contributed by atoms with Crippen molar-refractivity contribution in [2.24, 2.45) is 0 Å². The van der Waals surface area contributed by atoms with Crippen LogP contribution >= 0.6 is 15.9 Å². The molecule has 0 aliphatic carbocycles. The van der Waals surface area contributed by atoms with Crippen LogP contribution in [0.15, 0.2) is 21.5 Å². The van der Waals surface area contributed by atoms with E-state index in [0.29, 0.717) is 10.9 Å². The van der Waals surface area contributed by atoms with Crippen LogP contribution < -0.4 is 5.56 Å². The summed E-state index contributed by atoms with van der Waals surface area (Å²) in [7, 11) is 0. The topological polar surface area (TPSA) is 48.3 Å². The lowest BCUT2D eigenvalue weighted by Crippen LogP contribution is -2.32. The molecule has 0 spiro atoms. The lowest BCUT2D eigenvalue weighted by Gasteiger charge is -2.19. The van der Waals surface area contributed by atoms with Crippen molar-refractivity contribution >= 4 is 21.9 Å². The molecule has 1 heterocycles. The van der Waals surface area contributed by atoms with Gasteiger partial charge in [-0.1, -0.05) is 6.92 Å². The summed E-state index contributed by atoms with van der Waals surface area (Å²) in [4.78, 5) is 24.0. The first-order valence-corrected chi connectivity index (χ1v) is 6.74. The average molecular weight is 316 g/mol. The summed E-state index contributed by atoms with van der Waals surface area (Å²) in [5.74, 6) is -0.368. The molecular weight excluding hydrogens is 298 g/mol. The van der Waals surface area contributed by atoms with E-state index in [9.17, 15) is 9.59 Å². The number of hydrogen-bond donors (Lipinski definition) is 0. The van der Waals surface area contributed by atoms with Crippen LogP contribution in [0.2, 0.25) is 0 Å². The van der Waals surface area contributed by atoms with Gasteiger partial charge in [0.1, 0.15) is 6.04 Å². The first-order valence-electron chi connectivity index (χ1n) is 5.95. The number of ether oxygens (including phenoxy) is 1. The Morgan fingerprint density at radius 2 is 2.11 bits per heavy atom. The average Bonchev–Trinajstić information content (AvgIpc) is 2.24. The van der Waals surface area contributed by atoms with Gasteiger partial charge in [0.05, 0.1) is 10.6 Å². The zero-order valence-electron chi connectivity index (χ0n) is 11.1. The third kappa shape index (κ3) is 3.45. The maximum Gasteiger partial charge on any atom is 0.329 e. The van der Waals surface area contributed by atoms with Crippen LogP contribution in [0, 0.1) is 6.92 Å². The fourth-order valence-corrected chi connectivity index (χ4v) is 2.29. The molecule has 1 unspecified atom stereocenters. The van der Waals surface area contributed by atoms with Crippen LogP contribution in [0.3, 0.4) is 0 Å². The van der Waals surface area contributed by atoms with Gasteiger partial charge in [0.25, 0.3) is 5.56 Å². The molecule has 0 bridgehead atoms. The van der Waals surface area contributed by atoms with Crippen molar-refractivity contribution in [3.8, 4) is 0 Å². The van der Waals surface area contributed by atoms with E-state index in [2.05, 4.69) is 15.9 Å². The highest BCUT2D eigenvalue weighted by Gasteiger charge is 2.22. The highest BCUT2D eigenvalue weighted by molar-refractivity contribution is 9.10. The van der Waals surface area contributed by atoms with Gasteiger partial charge in [-0.05, 0) is 54.8 Å². The van der Waals surface area contributed by atoms with Gasteiger partial charge in [-0.3, -0.25) is 4.79 Å². The Kier molecular flexibility index (Phi) is 5.14. The van der Waals surface area contributed by atoms with Gasteiger partial charge in [-0.15, -0.1) is 0 Å². The Morgan fingerprint density at radius 1 is 1.50 bits per heavy atom. The van der Waals surface area contributed by atoms with E-state index < -0.39 is 6.04 Å². The number of esters is 1. The number of aromatic nitrogens is 1. The molecule has 0 radical (unpaired) electrons. The van der Waals surface area contributed by atoms with Crippen molar-refractivity contribution in [2.75, 3.05) is 0 Å². The van der Waals surface area contributed by atoms with Crippen molar-refractivity contribution in [3.05, 3.63) is 32.7 Å². The minimum Gasteiger partial charge on any atom is -0.461 e. The first kappa shape index (κ1) is 15.0. The Balaban J connectivity index is 3.17. The SMILES string of the molecule is CCC(C(=O)OC(C)C)n1cc(C)cc(Br)c1=O. The van der Waals surface area contributed by atoms with E-state index in [0.717, 1.165) is 5.56 Å². The summed E-state index contributed by atoms with van der Waals surface area (Å²) in [6.07, 6.45) is 2.01. The minimum absolute atomic E-state index is 0.185. The largest absolute Gasteiger partial charge is 0.461 e. The highest BCUT2D eigenvalue weighted by Crippen LogP contribution is 2.15. The highest BCUT2D eigenvalue weighted by atomic mass is 79.9. The van der Waals surface area contributed by atoms with Crippen LogP contribution in [0.1, 0.15) is 38.8 Å². The normalized spacial score (nSPS) is 12.6. The van der Waals surface area contributed by atoms with Gasteiger partial charge in [-0.2, -0.15) is 0 Å². The predicted octanol–water partition coefficient (Wildman–Crippen LogP) is 2.82. The van der Waals surface area contributed by atoms with Gasteiger partial charge < -0.3 is 9.30 Å². The molecule has 0 fully saturated rings. The summed E-state index contributed by atoms with van der Waals surface area (Å²) in [5, 5.41) is 0. The summed E-state index contributed by atoms with van der Waals surface area (Å²) >= 11 is 3.21. The third-order valence-corrected chi connectivity index (χ3v) is 3.05. The molecular formula is C13H18BrNO3. The molecule has 100 valence electrons. The quantitative estimate of drug-likeness (QED) is 0.803. The molecule has 0 amide bonds. The third-order valence-electron chi connectivity index (χ3n) is 2.48. The summed E-state index contributed by atoms with van der Waals surface area (Å²) < 4.78 is 7.07. The zero-order chi connectivity index (χ0) is 13.9. The van der Waals surface area contributed by atoms with Crippen LogP contribution in [0.25, 0.3) is 0 Å². The number of halogens is 1. The molecule has 0 aliphatic heterocycles. The van der Waals surface area contributed by atoms with E-state index >= 15 is 0 Å². The zero-order valence-corrected chi connectivity index (χ0v) is 12.7. The van der Waals surface area contributed by atoms with Gasteiger partial charge in [0.2, 0.25) is 0 Å². The Morgan fingerprint density at radius 3 is 2.61 bits per heavy atom. The number of pyridine rings is 1. The molecule has 0 N–H and O–H groups in total. The number of nitrogens with zero attached hydrogens (tertiary/aromatic N) is 1. The van der Waals surface area contributed by atoms with Crippen molar-refractivity contribution in [3.63, 3.8) is 0 Å². The fraction of sp³-hybridized carbons (Fsp3) is 0.538. The monoisotopic (exact) mass is 315 g/mol. The number of rotatable bonds is 4. The number of carbonyl (C=O) groups excluding carboxylic acids is 1. The number of carbonyl (C=O) groups is 1. The second kappa shape index (κ2) is 6.18. The van der Waals surface area contributed by atoms with Crippen molar-refractivity contribution < 1.29 is 9.53 Å². The smallest absolute Gasteiger partial charge is 0.329 e. The molecule has 1 atom stereocenters. The van der Waals surface area contributed by atoms with E-state index in [4.69, 9.17) is 4.74 Å². The van der Waals surface area contributed by atoms with E-state index in [1.54, 1.807) is 26.1 Å². The number of hydrogen-bond acceptors (Lipinski definition) is 3. The second-order valence-corrected chi connectivity index (χ2v) is 5.34. The molecule has 0 aromatic carbocycles. The van der Waals surface area contributed by atoms with Crippen LogP contribution in [-0.4, -0.2) is 16.6 Å².